The van der Waals surface area contributed by atoms with Crippen molar-refractivity contribution in [2.75, 3.05) is 6.54 Å². The van der Waals surface area contributed by atoms with Crippen LogP contribution in [0.5, 0.6) is 0 Å². The van der Waals surface area contributed by atoms with Gasteiger partial charge in [0.1, 0.15) is 0 Å². The molecule has 0 radical (unpaired) electrons. The maximum Gasteiger partial charge on any atom is 0.163 e. The second-order valence-electron chi connectivity index (χ2n) is 5.58. The van der Waals surface area contributed by atoms with Crippen LogP contribution in [0.4, 0.5) is 8.78 Å². The van der Waals surface area contributed by atoms with Gasteiger partial charge in [-0.3, -0.25) is 4.90 Å². The Morgan fingerprint density at radius 2 is 2.00 bits per heavy atom. The van der Waals surface area contributed by atoms with Gasteiger partial charge in [-0.1, -0.05) is 18.6 Å². The lowest BCUT2D eigenvalue weighted by molar-refractivity contribution is 0.140. The van der Waals surface area contributed by atoms with E-state index in [1.807, 2.05) is 0 Å². The summed E-state index contributed by atoms with van der Waals surface area (Å²) in [6.07, 6.45) is 2.95. The molecular formula is C15H22F2N2. The zero-order valence-corrected chi connectivity index (χ0v) is 11.6. The number of rotatable bonds is 2. The molecule has 2 unspecified atom stereocenters. The fraction of sp³-hybridized carbons (Fsp3) is 0.600. The molecule has 1 aliphatic heterocycles. The average molecular weight is 268 g/mol. The van der Waals surface area contributed by atoms with Gasteiger partial charge in [-0.05, 0) is 39.3 Å². The molecule has 0 amide bonds. The SMILES string of the molecule is CC(C)N1CCCCC(N)C1c1cccc(F)c1F. The molecule has 1 aliphatic rings. The monoisotopic (exact) mass is 268 g/mol. The Morgan fingerprint density at radius 3 is 2.68 bits per heavy atom. The molecule has 0 spiro atoms. The highest BCUT2D eigenvalue weighted by atomic mass is 19.2. The predicted octanol–water partition coefficient (Wildman–Crippen LogP) is 3.23. The summed E-state index contributed by atoms with van der Waals surface area (Å²) in [4.78, 5) is 2.19. The van der Waals surface area contributed by atoms with Crippen LogP contribution in [0.1, 0.15) is 44.7 Å². The zero-order chi connectivity index (χ0) is 14.0. The van der Waals surface area contributed by atoms with Gasteiger partial charge in [-0.2, -0.15) is 0 Å². The van der Waals surface area contributed by atoms with Gasteiger partial charge in [0.15, 0.2) is 11.6 Å². The topological polar surface area (TPSA) is 29.3 Å². The minimum Gasteiger partial charge on any atom is -0.326 e. The van der Waals surface area contributed by atoms with Crippen LogP contribution < -0.4 is 5.73 Å². The van der Waals surface area contributed by atoms with E-state index in [0.29, 0.717) is 5.56 Å². The standard InChI is InChI=1S/C15H22F2N2/c1-10(2)19-9-4-3-8-13(18)15(19)11-6-5-7-12(16)14(11)17/h5-7,10,13,15H,3-4,8-9,18H2,1-2H3. The van der Waals surface area contributed by atoms with Crippen molar-refractivity contribution in [2.45, 2.75) is 51.2 Å². The number of hydrogen-bond acceptors (Lipinski definition) is 2. The van der Waals surface area contributed by atoms with Crippen LogP contribution in [-0.2, 0) is 0 Å². The van der Waals surface area contributed by atoms with E-state index < -0.39 is 11.6 Å². The van der Waals surface area contributed by atoms with Gasteiger partial charge in [-0.15, -0.1) is 0 Å². The molecule has 0 saturated carbocycles. The van der Waals surface area contributed by atoms with E-state index in [2.05, 4.69) is 18.7 Å². The fourth-order valence-electron chi connectivity index (χ4n) is 2.95. The quantitative estimate of drug-likeness (QED) is 0.892. The largest absolute Gasteiger partial charge is 0.326 e. The van der Waals surface area contributed by atoms with Crippen molar-refractivity contribution in [2.24, 2.45) is 5.73 Å². The molecule has 1 aromatic carbocycles. The number of hydrogen-bond donors (Lipinski definition) is 1. The summed E-state index contributed by atoms with van der Waals surface area (Å²) in [5, 5.41) is 0. The third-order valence-corrected chi connectivity index (χ3v) is 3.93. The normalized spacial score (nSPS) is 25.6. The lowest BCUT2D eigenvalue weighted by Gasteiger charge is -2.36. The Balaban J connectivity index is 2.43. The van der Waals surface area contributed by atoms with Gasteiger partial charge in [0.05, 0.1) is 6.04 Å². The van der Waals surface area contributed by atoms with Gasteiger partial charge >= 0.3 is 0 Å². The van der Waals surface area contributed by atoms with Gasteiger partial charge in [0, 0.05) is 17.6 Å². The minimum absolute atomic E-state index is 0.152. The van der Waals surface area contributed by atoms with E-state index in [4.69, 9.17) is 5.73 Å². The van der Waals surface area contributed by atoms with Crippen molar-refractivity contribution in [3.05, 3.63) is 35.4 Å². The van der Waals surface area contributed by atoms with Gasteiger partial charge in [-0.25, -0.2) is 8.78 Å². The summed E-state index contributed by atoms with van der Waals surface area (Å²) < 4.78 is 27.5. The van der Waals surface area contributed by atoms with Crippen molar-refractivity contribution in [3.63, 3.8) is 0 Å². The van der Waals surface area contributed by atoms with Gasteiger partial charge < -0.3 is 5.73 Å². The molecule has 0 bridgehead atoms. The molecule has 2 N–H and O–H groups in total. The van der Waals surface area contributed by atoms with Crippen LogP contribution in [0.15, 0.2) is 18.2 Å². The van der Waals surface area contributed by atoms with Crippen LogP contribution >= 0.6 is 0 Å². The number of benzene rings is 1. The second kappa shape index (κ2) is 5.97. The molecule has 0 aliphatic carbocycles. The molecule has 4 heteroatoms. The number of likely N-dealkylation sites (tertiary alicyclic amines) is 1. The third-order valence-electron chi connectivity index (χ3n) is 3.93. The highest BCUT2D eigenvalue weighted by Crippen LogP contribution is 2.33. The predicted molar refractivity (Wildman–Crippen MR) is 72.8 cm³/mol. The van der Waals surface area contributed by atoms with Gasteiger partial charge in [0.2, 0.25) is 0 Å². The molecule has 2 atom stereocenters. The molecular weight excluding hydrogens is 246 g/mol. The smallest absolute Gasteiger partial charge is 0.163 e. The van der Waals surface area contributed by atoms with E-state index in [1.54, 1.807) is 12.1 Å². The van der Waals surface area contributed by atoms with Crippen LogP contribution in [0.3, 0.4) is 0 Å². The highest BCUT2D eigenvalue weighted by molar-refractivity contribution is 5.24. The first-order valence-corrected chi connectivity index (χ1v) is 6.97. The fourth-order valence-corrected chi connectivity index (χ4v) is 2.95. The molecule has 2 nitrogen and oxygen atoms in total. The number of nitrogens with zero attached hydrogens (tertiary/aromatic N) is 1. The molecule has 1 saturated heterocycles. The first kappa shape index (κ1) is 14.4. The summed E-state index contributed by atoms with van der Waals surface area (Å²) in [7, 11) is 0. The Bertz CT molecular complexity index is 434. The number of nitrogens with two attached hydrogens (primary N) is 1. The number of halogens is 2. The molecule has 2 rings (SSSR count). The van der Waals surface area contributed by atoms with Crippen molar-refractivity contribution in [1.82, 2.24) is 4.90 Å². The van der Waals surface area contributed by atoms with Crippen molar-refractivity contribution < 1.29 is 8.78 Å². The van der Waals surface area contributed by atoms with Crippen LogP contribution in [0.25, 0.3) is 0 Å². The maximum absolute atomic E-state index is 14.1. The van der Waals surface area contributed by atoms with Crippen molar-refractivity contribution in [1.29, 1.82) is 0 Å². The third kappa shape index (κ3) is 2.95. The Labute approximate surface area is 113 Å². The van der Waals surface area contributed by atoms with Crippen molar-refractivity contribution >= 4 is 0 Å². The minimum atomic E-state index is -0.794. The first-order valence-electron chi connectivity index (χ1n) is 6.97. The molecule has 1 aromatic rings. The lowest BCUT2D eigenvalue weighted by Crippen LogP contribution is -2.43. The Hall–Kier alpha value is -1.00. The zero-order valence-electron chi connectivity index (χ0n) is 11.6. The second-order valence-corrected chi connectivity index (χ2v) is 5.58. The summed E-state index contributed by atoms with van der Waals surface area (Å²) >= 11 is 0. The molecule has 106 valence electrons. The van der Waals surface area contributed by atoms with Crippen LogP contribution in [0, 0.1) is 11.6 Å². The van der Waals surface area contributed by atoms with Gasteiger partial charge in [0.25, 0.3) is 0 Å². The molecule has 0 aromatic heterocycles. The Kier molecular flexibility index (Phi) is 4.53. The van der Waals surface area contributed by atoms with Crippen molar-refractivity contribution in [3.8, 4) is 0 Å². The molecule has 19 heavy (non-hydrogen) atoms. The summed E-state index contributed by atoms with van der Waals surface area (Å²) in [5.41, 5.74) is 6.62. The van der Waals surface area contributed by atoms with E-state index in [0.717, 1.165) is 31.9 Å². The summed E-state index contributed by atoms with van der Waals surface area (Å²) in [5.74, 6) is -1.55. The summed E-state index contributed by atoms with van der Waals surface area (Å²) in [6, 6.07) is 4.24. The van der Waals surface area contributed by atoms with E-state index in [9.17, 15) is 8.78 Å². The van der Waals surface area contributed by atoms with Crippen LogP contribution in [-0.4, -0.2) is 23.5 Å². The van der Waals surface area contributed by atoms with E-state index in [-0.39, 0.29) is 18.1 Å². The maximum atomic E-state index is 14.1. The Morgan fingerprint density at radius 1 is 1.26 bits per heavy atom. The lowest BCUT2D eigenvalue weighted by atomic mass is 9.95. The van der Waals surface area contributed by atoms with E-state index in [1.165, 1.54) is 0 Å². The molecule has 1 fully saturated rings. The van der Waals surface area contributed by atoms with E-state index >= 15 is 0 Å². The summed E-state index contributed by atoms with van der Waals surface area (Å²) in [6.45, 7) is 5.02. The highest BCUT2D eigenvalue weighted by Gasteiger charge is 2.32. The van der Waals surface area contributed by atoms with Crippen LogP contribution in [0.2, 0.25) is 0 Å². The first-order chi connectivity index (χ1) is 9.02. The average Bonchev–Trinajstić information content (AvgIpc) is 2.55. The molecule has 1 heterocycles.